The Morgan fingerprint density at radius 2 is 2.00 bits per heavy atom. The number of nitrogens with zero attached hydrogens (tertiary/aromatic N) is 5. The SMILES string of the molecule is CN=C(NCCc1nc(C)c(C)s1)NCc1cccnc1N1CCN(C)CC1. The van der Waals surface area contributed by atoms with Gasteiger partial charge in [-0.15, -0.1) is 11.3 Å². The first-order chi connectivity index (χ1) is 13.6. The number of guanidine groups is 1. The van der Waals surface area contributed by atoms with Crippen molar-refractivity contribution in [2.24, 2.45) is 4.99 Å². The van der Waals surface area contributed by atoms with Crippen molar-refractivity contribution in [3.63, 3.8) is 0 Å². The van der Waals surface area contributed by atoms with Crippen LogP contribution in [0.4, 0.5) is 5.82 Å². The fraction of sp³-hybridized carbons (Fsp3) is 0.550. The minimum absolute atomic E-state index is 0.699. The summed E-state index contributed by atoms with van der Waals surface area (Å²) in [6.07, 6.45) is 2.78. The fourth-order valence-corrected chi connectivity index (χ4v) is 4.14. The molecule has 28 heavy (non-hydrogen) atoms. The first kappa shape index (κ1) is 20.5. The van der Waals surface area contributed by atoms with Crippen LogP contribution in [-0.4, -0.2) is 67.6 Å². The van der Waals surface area contributed by atoms with Gasteiger partial charge >= 0.3 is 0 Å². The summed E-state index contributed by atoms with van der Waals surface area (Å²) < 4.78 is 0. The van der Waals surface area contributed by atoms with Gasteiger partial charge in [-0.1, -0.05) is 6.07 Å². The average molecular weight is 402 g/mol. The van der Waals surface area contributed by atoms with E-state index in [1.807, 2.05) is 12.3 Å². The molecule has 3 heterocycles. The van der Waals surface area contributed by atoms with Crippen molar-refractivity contribution in [1.29, 1.82) is 0 Å². The molecule has 8 heteroatoms. The highest BCUT2D eigenvalue weighted by atomic mass is 32.1. The molecule has 7 nitrogen and oxygen atoms in total. The second-order valence-corrected chi connectivity index (χ2v) is 8.42. The van der Waals surface area contributed by atoms with Gasteiger partial charge in [-0.25, -0.2) is 9.97 Å². The Balaban J connectivity index is 1.52. The van der Waals surface area contributed by atoms with Crippen molar-refractivity contribution in [3.05, 3.63) is 39.5 Å². The van der Waals surface area contributed by atoms with Crippen LogP contribution in [0.1, 0.15) is 21.1 Å². The van der Waals surface area contributed by atoms with Gasteiger partial charge in [0.25, 0.3) is 0 Å². The summed E-state index contributed by atoms with van der Waals surface area (Å²) in [6.45, 7) is 9.87. The summed E-state index contributed by atoms with van der Waals surface area (Å²) in [5.74, 6) is 1.88. The molecule has 0 atom stereocenters. The van der Waals surface area contributed by atoms with Crippen LogP contribution in [0.25, 0.3) is 0 Å². The molecule has 0 bridgehead atoms. The Morgan fingerprint density at radius 1 is 1.21 bits per heavy atom. The molecule has 1 aliphatic heterocycles. The molecule has 1 aliphatic rings. The summed E-state index contributed by atoms with van der Waals surface area (Å²) in [7, 11) is 3.97. The van der Waals surface area contributed by atoms with Crippen molar-refractivity contribution in [1.82, 2.24) is 25.5 Å². The van der Waals surface area contributed by atoms with E-state index in [9.17, 15) is 0 Å². The zero-order valence-electron chi connectivity index (χ0n) is 17.3. The van der Waals surface area contributed by atoms with Crippen molar-refractivity contribution < 1.29 is 0 Å². The maximum absolute atomic E-state index is 4.64. The molecule has 0 saturated carbocycles. The highest BCUT2D eigenvalue weighted by Crippen LogP contribution is 2.19. The van der Waals surface area contributed by atoms with Gasteiger partial charge in [-0.05, 0) is 27.0 Å². The molecule has 152 valence electrons. The molecule has 0 aromatic carbocycles. The summed E-state index contributed by atoms with van der Waals surface area (Å²) in [5.41, 5.74) is 2.33. The van der Waals surface area contributed by atoms with E-state index >= 15 is 0 Å². The summed E-state index contributed by atoms with van der Waals surface area (Å²) in [6, 6.07) is 4.14. The number of rotatable bonds is 6. The lowest BCUT2D eigenvalue weighted by Crippen LogP contribution is -2.45. The molecule has 2 aromatic rings. The van der Waals surface area contributed by atoms with Gasteiger partial charge in [-0.2, -0.15) is 0 Å². The largest absolute Gasteiger partial charge is 0.356 e. The molecule has 0 radical (unpaired) electrons. The maximum atomic E-state index is 4.64. The van der Waals surface area contributed by atoms with Crippen LogP contribution >= 0.6 is 11.3 Å². The molecule has 0 amide bonds. The average Bonchev–Trinajstić information content (AvgIpc) is 3.03. The quantitative estimate of drug-likeness (QED) is 0.568. The predicted octanol–water partition coefficient (Wildman–Crippen LogP) is 1.81. The number of hydrogen-bond acceptors (Lipinski definition) is 6. The van der Waals surface area contributed by atoms with Gasteiger partial charge in [0.15, 0.2) is 5.96 Å². The van der Waals surface area contributed by atoms with Gasteiger partial charge in [0.05, 0.1) is 10.7 Å². The van der Waals surface area contributed by atoms with E-state index in [4.69, 9.17) is 0 Å². The summed E-state index contributed by atoms with van der Waals surface area (Å²) in [4.78, 5) is 19.6. The number of pyridine rings is 1. The van der Waals surface area contributed by atoms with Crippen LogP contribution in [0.15, 0.2) is 23.3 Å². The van der Waals surface area contributed by atoms with Crippen LogP contribution in [0.5, 0.6) is 0 Å². The first-order valence-corrected chi connectivity index (χ1v) is 10.6. The van der Waals surface area contributed by atoms with Crippen molar-refractivity contribution in [3.8, 4) is 0 Å². The van der Waals surface area contributed by atoms with Crippen molar-refractivity contribution >= 4 is 23.1 Å². The van der Waals surface area contributed by atoms with Crippen molar-refractivity contribution in [2.75, 3.05) is 51.7 Å². The second kappa shape index (κ2) is 9.84. The molecule has 0 unspecified atom stereocenters. The Kier molecular flexibility index (Phi) is 7.22. The number of piperazine rings is 1. The molecule has 2 aromatic heterocycles. The van der Waals surface area contributed by atoms with Gasteiger partial charge in [0, 0.05) is 69.4 Å². The molecular formula is C20H31N7S. The summed E-state index contributed by atoms with van der Waals surface area (Å²) in [5, 5.41) is 7.98. The van der Waals surface area contributed by atoms with Crippen LogP contribution in [-0.2, 0) is 13.0 Å². The smallest absolute Gasteiger partial charge is 0.191 e. The lowest BCUT2D eigenvalue weighted by atomic mass is 10.2. The Hall–Kier alpha value is -2.19. The molecular weight excluding hydrogens is 370 g/mol. The standard InChI is InChI=1S/C20H31N7S/c1-15-16(2)28-18(25-15)7-9-23-20(21-3)24-14-17-6-5-8-22-19(17)27-12-10-26(4)11-13-27/h5-6,8H,7,9-14H2,1-4H3,(H2,21,23,24). The molecule has 0 spiro atoms. The zero-order chi connectivity index (χ0) is 19.9. The van der Waals surface area contributed by atoms with Gasteiger partial charge < -0.3 is 20.4 Å². The number of anilines is 1. The van der Waals surface area contributed by atoms with E-state index in [2.05, 4.69) is 62.4 Å². The third kappa shape index (κ3) is 5.42. The number of likely N-dealkylation sites (N-methyl/N-ethyl adjacent to an activating group) is 1. The van der Waals surface area contributed by atoms with Gasteiger partial charge in [0.1, 0.15) is 5.82 Å². The van der Waals surface area contributed by atoms with Crippen molar-refractivity contribution in [2.45, 2.75) is 26.8 Å². The first-order valence-electron chi connectivity index (χ1n) is 9.81. The molecule has 1 fully saturated rings. The Bertz CT molecular complexity index is 774. The minimum atomic E-state index is 0.699. The van der Waals surface area contributed by atoms with Crippen LogP contribution in [0, 0.1) is 13.8 Å². The normalized spacial score (nSPS) is 15.7. The summed E-state index contributed by atoms with van der Waals surface area (Å²) >= 11 is 1.77. The van der Waals surface area contributed by atoms with E-state index in [1.165, 1.54) is 15.4 Å². The fourth-order valence-electron chi connectivity index (χ4n) is 3.20. The number of aromatic nitrogens is 2. The molecule has 3 rings (SSSR count). The highest BCUT2D eigenvalue weighted by molar-refractivity contribution is 7.11. The number of aryl methyl sites for hydroxylation is 2. The topological polar surface area (TPSA) is 68.7 Å². The second-order valence-electron chi connectivity index (χ2n) is 7.13. The third-order valence-electron chi connectivity index (χ3n) is 5.04. The lowest BCUT2D eigenvalue weighted by molar-refractivity contribution is 0.312. The number of aliphatic imine (C=N–C) groups is 1. The van der Waals surface area contributed by atoms with E-state index in [0.29, 0.717) is 6.54 Å². The predicted molar refractivity (Wildman–Crippen MR) is 117 cm³/mol. The van der Waals surface area contributed by atoms with E-state index < -0.39 is 0 Å². The number of nitrogens with one attached hydrogen (secondary N) is 2. The van der Waals surface area contributed by atoms with E-state index in [0.717, 1.165) is 56.6 Å². The molecule has 1 saturated heterocycles. The maximum Gasteiger partial charge on any atom is 0.191 e. The van der Waals surface area contributed by atoms with Gasteiger partial charge in [0.2, 0.25) is 0 Å². The van der Waals surface area contributed by atoms with Crippen LogP contribution in [0.3, 0.4) is 0 Å². The highest BCUT2D eigenvalue weighted by Gasteiger charge is 2.18. The molecule has 0 aliphatic carbocycles. The Morgan fingerprint density at radius 3 is 2.68 bits per heavy atom. The van der Waals surface area contributed by atoms with Gasteiger partial charge in [-0.3, -0.25) is 4.99 Å². The van der Waals surface area contributed by atoms with E-state index in [-0.39, 0.29) is 0 Å². The zero-order valence-corrected chi connectivity index (χ0v) is 18.1. The van der Waals surface area contributed by atoms with Crippen LogP contribution in [0.2, 0.25) is 0 Å². The van der Waals surface area contributed by atoms with Crippen LogP contribution < -0.4 is 15.5 Å². The lowest BCUT2D eigenvalue weighted by Gasteiger charge is -2.34. The molecule has 2 N–H and O–H groups in total. The van der Waals surface area contributed by atoms with E-state index in [1.54, 1.807) is 18.4 Å². The third-order valence-corrected chi connectivity index (χ3v) is 6.18. The number of thiazole rings is 1. The minimum Gasteiger partial charge on any atom is -0.356 e. The number of hydrogen-bond donors (Lipinski definition) is 2. The monoisotopic (exact) mass is 401 g/mol. The Labute approximate surface area is 171 Å².